The van der Waals surface area contributed by atoms with Crippen molar-refractivity contribution in [3.63, 3.8) is 0 Å². The fraction of sp³-hybridized carbons (Fsp3) is 0.462. The van der Waals surface area contributed by atoms with E-state index in [0.29, 0.717) is 5.75 Å². The Morgan fingerprint density at radius 2 is 2.06 bits per heavy atom. The SMILES string of the molecule is CNC(C)(C)C(=O)N(C)c1cc(Br)ccc1OC. The number of carbonyl (C=O) groups is 1. The summed E-state index contributed by atoms with van der Waals surface area (Å²) in [5, 5.41) is 3.00. The van der Waals surface area contributed by atoms with Crippen LogP contribution in [0.2, 0.25) is 0 Å². The van der Waals surface area contributed by atoms with Gasteiger partial charge in [0.2, 0.25) is 5.91 Å². The third-order valence-corrected chi connectivity index (χ3v) is 3.46. The average molecular weight is 315 g/mol. The molecule has 100 valence electrons. The highest BCUT2D eigenvalue weighted by atomic mass is 79.9. The van der Waals surface area contributed by atoms with Crippen LogP contribution in [0.5, 0.6) is 5.75 Å². The van der Waals surface area contributed by atoms with E-state index in [1.54, 1.807) is 26.1 Å². The first-order valence-electron chi connectivity index (χ1n) is 5.64. The molecule has 0 heterocycles. The summed E-state index contributed by atoms with van der Waals surface area (Å²) >= 11 is 3.40. The third kappa shape index (κ3) is 3.03. The zero-order valence-corrected chi connectivity index (χ0v) is 13.0. The number of amides is 1. The fourth-order valence-corrected chi connectivity index (χ4v) is 1.91. The van der Waals surface area contributed by atoms with Gasteiger partial charge in [-0.1, -0.05) is 15.9 Å². The molecular formula is C13H19BrN2O2. The molecule has 0 fully saturated rings. The maximum atomic E-state index is 12.4. The van der Waals surface area contributed by atoms with Crippen molar-refractivity contribution in [1.82, 2.24) is 5.32 Å². The Kier molecular flexibility index (Phi) is 4.76. The van der Waals surface area contributed by atoms with Gasteiger partial charge in [-0.2, -0.15) is 0 Å². The number of halogens is 1. The van der Waals surface area contributed by atoms with Crippen molar-refractivity contribution in [2.45, 2.75) is 19.4 Å². The number of nitrogens with one attached hydrogen (secondary N) is 1. The third-order valence-electron chi connectivity index (χ3n) is 2.97. The van der Waals surface area contributed by atoms with Gasteiger partial charge in [-0.3, -0.25) is 4.79 Å². The summed E-state index contributed by atoms with van der Waals surface area (Å²) in [5.74, 6) is 0.641. The zero-order chi connectivity index (χ0) is 13.9. The lowest BCUT2D eigenvalue weighted by Crippen LogP contribution is -2.51. The largest absolute Gasteiger partial charge is 0.495 e. The van der Waals surface area contributed by atoms with Gasteiger partial charge in [0.05, 0.1) is 18.3 Å². The molecule has 0 atom stereocenters. The number of hydrogen-bond acceptors (Lipinski definition) is 3. The van der Waals surface area contributed by atoms with E-state index in [1.807, 2.05) is 32.0 Å². The van der Waals surface area contributed by atoms with Crippen LogP contribution in [0.3, 0.4) is 0 Å². The average Bonchev–Trinajstić information content (AvgIpc) is 2.36. The molecule has 0 bridgehead atoms. The van der Waals surface area contributed by atoms with Crippen LogP contribution in [-0.4, -0.2) is 32.7 Å². The van der Waals surface area contributed by atoms with Gasteiger partial charge in [-0.25, -0.2) is 0 Å². The van der Waals surface area contributed by atoms with Gasteiger partial charge >= 0.3 is 0 Å². The van der Waals surface area contributed by atoms with Crippen LogP contribution < -0.4 is 15.0 Å². The molecule has 0 unspecified atom stereocenters. The monoisotopic (exact) mass is 314 g/mol. The van der Waals surface area contributed by atoms with Crippen molar-refractivity contribution < 1.29 is 9.53 Å². The van der Waals surface area contributed by atoms with Crippen LogP contribution in [0.15, 0.2) is 22.7 Å². The van der Waals surface area contributed by atoms with Crippen LogP contribution in [0.25, 0.3) is 0 Å². The molecule has 1 N–H and O–H groups in total. The molecular weight excluding hydrogens is 296 g/mol. The standard InChI is InChI=1S/C13H19BrN2O2/c1-13(2,15-3)12(17)16(4)10-8-9(14)6-7-11(10)18-5/h6-8,15H,1-5H3. The lowest BCUT2D eigenvalue weighted by atomic mass is 10.0. The van der Waals surface area contributed by atoms with E-state index >= 15 is 0 Å². The molecule has 0 aromatic heterocycles. The van der Waals surface area contributed by atoms with Crippen molar-refractivity contribution >= 4 is 27.5 Å². The Bertz CT molecular complexity index is 447. The van der Waals surface area contributed by atoms with Crippen LogP contribution in [-0.2, 0) is 4.79 Å². The Morgan fingerprint density at radius 1 is 1.44 bits per heavy atom. The number of nitrogens with zero attached hydrogens (tertiary/aromatic N) is 1. The number of ether oxygens (including phenoxy) is 1. The van der Waals surface area contributed by atoms with Gasteiger partial charge in [-0.15, -0.1) is 0 Å². The minimum absolute atomic E-state index is 0.0265. The first-order chi connectivity index (χ1) is 8.33. The topological polar surface area (TPSA) is 41.6 Å². The Labute approximate surface area is 116 Å². The second-order valence-corrected chi connectivity index (χ2v) is 5.47. The van der Waals surface area contributed by atoms with Crippen LogP contribution >= 0.6 is 15.9 Å². The van der Waals surface area contributed by atoms with Crippen molar-refractivity contribution in [1.29, 1.82) is 0 Å². The summed E-state index contributed by atoms with van der Waals surface area (Å²) in [6.45, 7) is 3.69. The number of benzene rings is 1. The molecule has 0 aliphatic heterocycles. The highest BCUT2D eigenvalue weighted by molar-refractivity contribution is 9.10. The molecule has 0 radical (unpaired) electrons. The number of hydrogen-bond donors (Lipinski definition) is 1. The molecule has 4 nitrogen and oxygen atoms in total. The van der Waals surface area contributed by atoms with Crippen molar-refractivity contribution in [2.24, 2.45) is 0 Å². The summed E-state index contributed by atoms with van der Waals surface area (Å²) in [6.07, 6.45) is 0. The number of carbonyl (C=O) groups excluding carboxylic acids is 1. The number of methoxy groups -OCH3 is 1. The van der Waals surface area contributed by atoms with Gasteiger partial charge in [-0.05, 0) is 39.1 Å². The second kappa shape index (κ2) is 5.71. The minimum Gasteiger partial charge on any atom is -0.495 e. The van der Waals surface area contributed by atoms with Crippen LogP contribution in [0, 0.1) is 0 Å². The molecule has 1 rings (SSSR count). The number of likely N-dealkylation sites (N-methyl/N-ethyl adjacent to an activating group) is 2. The predicted molar refractivity (Wildman–Crippen MR) is 77.2 cm³/mol. The lowest BCUT2D eigenvalue weighted by Gasteiger charge is -2.29. The maximum Gasteiger partial charge on any atom is 0.246 e. The molecule has 0 aliphatic carbocycles. The van der Waals surface area contributed by atoms with Crippen LogP contribution in [0.1, 0.15) is 13.8 Å². The summed E-state index contributed by atoms with van der Waals surface area (Å²) in [5.41, 5.74) is 0.113. The van der Waals surface area contributed by atoms with Gasteiger partial charge in [0.1, 0.15) is 5.75 Å². The summed E-state index contributed by atoms with van der Waals surface area (Å²) in [7, 11) is 5.10. The van der Waals surface area contributed by atoms with Crippen molar-refractivity contribution in [3.8, 4) is 5.75 Å². The lowest BCUT2D eigenvalue weighted by molar-refractivity contribution is -0.123. The molecule has 0 saturated carbocycles. The van der Waals surface area contributed by atoms with Gasteiger partial charge in [0.25, 0.3) is 0 Å². The second-order valence-electron chi connectivity index (χ2n) is 4.56. The van der Waals surface area contributed by atoms with E-state index in [-0.39, 0.29) is 5.91 Å². The van der Waals surface area contributed by atoms with Gasteiger partial charge in [0.15, 0.2) is 0 Å². The van der Waals surface area contributed by atoms with E-state index in [1.165, 1.54) is 0 Å². The van der Waals surface area contributed by atoms with Gasteiger partial charge in [0, 0.05) is 11.5 Å². The highest BCUT2D eigenvalue weighted by Crippen LogP contribution is 2.31. The Morgan fingerprint density at radius 3 is 2.56 bits per heavy atom. The van der Waals surface area contributed by atoms with Crippen molar-refractivity contribution in [3.05, 3.63) is 22.7 Å². The van der Waals surface area contributed by atoms with Crippen molar-refractivity contribution in [2.75, 3.05) is 26.1 Å². The fourth-order valence-electron chi connectivity index (χ4n) is 1.56. The van der Waals surface area contributed by atoms with E-state index in [2.05, 4.69) is 21.2 Å². The molecule has 0 aliphatic rings. The maximum absolute atomic E-state index is 12.4. The molecule has 18 heavy (non-hydrogen) atoms. The quantitative estimate of drug-likeness (QED) is 0.928. The van der Waals surface area contributed by atoms with Gasteiger partial charge < -0.3 is 15.0 Å². The summed E-state index contributed by atoms with van der Waals surface area (Å²) in [6, 6.07) is 5.57. The van der Waals surface area contributed by atoms with Crippen LogP contribution in [0.4, 0.5) is 5.69 Å². The molecule has 5 heteroatoms. The first-order valence-corrected chi connectivity index (χ1v) is 6.43. The van der Waals surface area contributed by atoms with E-state index in [0.717, 1.165) is 10.2 Å². The minimum atomic E-state index is -0.623. The first kappa shape index (κ1) is 15.0. The van der Waals surface area contributed by atoms with E-state index in [4.69, 9.17) is 4.74 Å². The predicted octanol–water partition coefficient (Wildman–Crippen LogP) is 2.42. The van der Waals surface area contributed by atoms with E-state index in [9.17, 15) is 4.79 Å². The molecule has 0 spiro atoms. The Balaban J connectivity index is 3.14. The highest BCUT2D eigenvalue weighted by Gasteiger charge is 2.30. The molecule has 1 amide bonds. The molecule has 1 aromatic rings. The van der Waals surface area contributed by atoms with E-state index < -0.39 is 5.54 Å². The number of rotatable bonds is 4. The number of anilines is 1. The smallest absolute Gasteiger partial charge is 0.246 e. The molecule has 1 aromatic carbocycles. The Hall–Kier alpha value is -1.07. The summed E-state index contributed by atoms with van der Waals surface area (Å²) < 4.78 is 6.19. The molecule has 0 saturated heterocycles. The summed E-state index contributed by atoms with van der Waals surface area (Å²) in [4.78, 5) is 14.0. The zero-order valence-electron chi connectivity index (χ0n) is 11.4. The normalized spacial score (nSPS) is 11.2.